The lowest BCUT2D eigenvalue weighted by Crippen LogP contribution is -2.35. The van der Waals surface area contributed by atoms with Gasteiger partial charge in [-0.1, -0.05) is 31.0 Å². The van der Waals surface area contributed by atoms with E-state index in [0.717, 1.165) is 61.0 Å². The second-order valence-electron chi connectivity index (χ2n) is 10.3. The van der Waals surface area contributed by atoms with Gasteiger partial charge in [-0.25, -0.2) is 18.4 Å². The Kier molecular flexibility index (Phi) is 9.30. The normalized spacial score (nSPS) is 18.7. The number of amides is 1. The minimum atomic E-state index is -3.67. The lowest BCUT2D eigenvalue weighted by molar-refractivity contribution is -0.180. The van der Waals surface area contributed by atoms with Crippen LogP contribution >= 0.6 is 0 Å². The molecule has 2 aliphatic heterocycles. The number of nitrogens with zero attached hydrogens (tertiary/aromatic N) is 1. The first-order chi connectivity index (χ1) is 18.1. The highest BCUT2D eigenvalue weighted by atomic mass is 32.2. The van der Waals surface area contributed by atoms with E-state index in [1.165, 1.54) is 6.07 Å². The molecular formula is C28H38N2O7S. The Hall–Kier alpha value is -2.66. The van der Waals surface area contributed by atoms with Crippen molar-refractivity contribution in [1.29, 1.82) is 0 Å². The third-order valence-electron chi connectivity index (χ3n) is 6.72. The number of hydrogen-bond donors (Lipinski definition) is 1. The van der Waals surface area contributed by atoms with Gasteiger partial charge in [-0.15, -0.1) is 0 Å². The van der Waals surface area contributed by atoms with Crippen molar-refractivity contribution in [2.75, 3.05) is 26.3 Å². The monoisotopic (exact) mass is 546 g/mol. The Labute approximate surface area is 225 Å². The summed E-state index contributed by atoms with van der Waals surface area (Å²) in [6.45, 7) is 6.79. The Morgan fingerprint density at radius 1 is 1.05 bits per heavy atom. The molecule has 0 radical (unpaired) electrons. The summed E-state index contributed by atoms with van der Waals surface area (Å²) in [5.74, 6) is 0.175. The fourth-order valence-electron chi connectivity index (χ4n) is 4.64. The van der Waals surface area contributed by atoms with E-state index >= 15 is 0 Å². The molecule has 0 aliphatic carbocycles. The fraction of sp³-hybridized carbons (Fsp3) is 0.536. The molecule has 2 heterocycles. The average molecular weight is 547 g/mol. The lowest BCUT2D eigenvalue weighted by atomic mass is 10.0. The van der Waals surface area contributed by atoms with Crippen LogP contribution in [0.1, 0.15) is 68.7 Å². The van der Waals surface area contributed by atoms with Gasteiger partial charge in [-0.05, 0) is 61.1 Å². The van der Waals surface area contributed by atoms with Crippen LogP contribution in [0.25, 0.3) is 0 Å². The Bertz CT molecular complexity index is 1220. The second-order valence-corrected chi connectivity index (χ2v) is 11.9. The number of hydrogen-bond acceptors (Lipinski definition) is 7. The summed E-state index contributed by atoms with van der Waals surface area (Å²) in [6.07, 6.45) is 4.94. The molecule has 9 nitrogen and oxygen atoms in total. The molecule has 1 fully saturated rings. The number of unbranched alkanes of at least 4 members (excludes halogenated alkanes) is 3. The smallest absolute Gasteiger partial charge is 0.410 e. The van der Waals surface area contributed by atoms with Crippen molar-refractivity contribution in [3.8, 4) is 5.75 Å². The lowest BCUT2D eigenvalue weighted by Gasteiger charge is -2.32. The fourth-order valence-corrected chi connectivity index (χ4v) is 5.22. The molecular weight excluding hydrogens is 508 g/mol. The number of cyclic esters (lactones) is 1. The van der Waals surface area contributed by atoms with Gasteiger partial charge in [0.2, 0.25) is 15.8 Å². The van der Waals surface area contributed by atoms with Gasteiger partial charge < -0.3 is 23.8 Å². The Morgan fingerprint density at radius 2 is 1.84 bits per heavy atom. The van der Waals surface area contributed by atoms with Crippen molar-refractivity contribution in [3.05, 3.63) is 59.2 Å². The van der Waals surface area contributed by atoms with Crippen molar-refractivity contribution in [1.82, 2.24) is 4.90 Å². The van der Waals surface area contributed by atoms with Crippen LogP contribution in [0.4, 0.5) is 4.79 Å². The number of fused-ring (bicyclic) bond motifs is 1. The van der Waals surface area contributed by atoms with Gasteiger partial charge >= 0.3 is 6.09 Å². The number of primary sulfonamides is 1. The number of aryl methyl sites for hydroxylation is 1. The van der Waals surface area contributed by atoms with Gasteiger partial charge in [0.05, 0.1) is 18.0 Å². The number of nitrogens with two attached hydrogens (primary N) is 1. The topological polar surface area (TPSA) is 117 Å². The molecule has 0 saturated carbocycles. The quantitative estimate of drug-likeness (QED) is 0.363. The van der Waals surface area contributed by atoms with E-state index < -0.39 is 15.8 Å². The summed E-state index contributed by atoms with van der Waals surface area (Å²) in [5, 5.41) is 5.18. The minimum absolute atomic E-state index is 0.140. The van der Waals surface area contributed by atoms with Crippen LogP contribution in [-0.2, 0) is 37.3 Å². The zero-order chi connectivity index (χ0) is 27.2. The van der Waals surface area contributed by atoms with Gasteiger partial charge in [0, 0.05) is 39.2 Å². The zero-order valence-electron chi connectivity index (χ0n) is 22.2. The summed E-state index contributed by atoms with van der Waals surface area (Å²) < 4.78 is 45.8. The predicted molar refractivity (Wildman–Crippen MR) is 142 cm³/mol. The third kappa shape index (κ3) is 7.92. The van der Waals surface area contributed by atoms with E-state index in [9.17, 15) is 13.2 Å². The molecule has 208 valence electrons. The van der Waals surface area contributed by atoms with Crippen molar-refractivity contribution in [2.24, 2.45) is 5.14 Å². The molecule has 2 aliphatic rings. The molecule has 0 unspecified atom stereocenters. The van der Waals surface area contributed by atoms with Gasteiger partial charge in [-0.3, -0.25) is 0 Å². The highest BCUT2D eigenvalue weighted by Gasteiger charge is 2.33. The molecule has 0 spiro atoms. The number of carbonyl (C=O) groups excluding carboxylic acids is 1. The van der Waals surface area contributed by atoms with E-state index in [1.54, 1.807) is 17.0 Å². The maximum absolute atomic E-state index is 12.4. The molecule has 2 aromatic rings. The maximum Gasteiger partial charge on any atom is 0.410 e. The third-order valence-corrected chi connectivity index (χ3v) is 7.63. The van der Waals surface area contributed by atoms with Crippen LogP contribution < -0.4 is 9.88 Å². The minimum Gasteiger partial charge on any atom is -0.463 e. The summed E-state index contributed by atoms with van der Waals surface area (Å²) in [7, 11) is -3.67. The summed E-state index contributed by atoms with van der Waals surface area (Å²) in [4.78, 5) is 14.3. The van der Waals surface area contributed by atoms with E-state index in [0.29, 0.717) is 32.9 Å². The highest BCUT2D eigenvalue weighted by molar-refractivity contribution is 7.89. The van der Waals surface area contributed by atoms with Crippen molar-refractivity contribution >= 4 is 16.1 Å². The van der Waals surface area contributed by atoms with Crippen molar-refractivity contribution in [2.45, 2.75) is 75.8 Å². The van der Waals surface area contributed by atoms with Gasteiger partial charge in [0.15, 0.2) is 0 Å². The molecule has 1 atom stereocenters. The molecule has 0 aromatic heterocycles. The van der Waals surface area contributed by atoms with Crippen LogP contribution in [0, 0.1) is 0 Å². The summed E-state index contributed by atoms with van der Waals surface area (Å²) in [6, 6.07) is 12.6. The first-order valence-electron chi connectivity index (χ1n) is 13.2. The van der Waals surface area contributed by atoms with E-state index in [4.69, 9.17) is 24.1 Å². The van der Waals surface area contributed by atoms with Crippen molar-refractivity contribution in [3.63, 3.8) is 0 Å². The van der Waals surface area contributed by atoms with Crippen LogP contribution in [0.2, 0.25) is 0 Å². The van der Waals surface area contributed by atoms with Crippen LogP contribution in [0.5, 0.6) is 5.75 Å². The van der Waals surface area contributed by atoms with E-state index in [1.807, 2.05) is 38.1 Å². The molecule has 1 amide bonds. The molecule has 38 heavy (non-hydrogen) atoms. The molecule has 1 saturated heterocycles. The van der Waals surface area contributed by atoms with Crippen LogP contribution in [0.3, 0.4) is 0 Å². The number of carbonyl (C=O) groups is 1. The highest BCUT2D eigenvalue weighted by Crippen LogP contribution is 2.35. The largest absolute Gasteiger partial charge is 0.463 e. The van der Waals surface area contributed by atoms with E-state index in [-0.39, 0.29) is 17.1 Å². The van der Waals surface area contributed by atoms with Crippen LogP contribution in [-0.4, -0.2) is 51.5 Å². The molecule has 10 heteroatoms. The Morgan fingerprint density at radius 3 is 2.66 bits per heavy atom. The molecule has 2 aromatic carbocycles. The maximum atomic E-state index is 12.4. The molecule has 4 rings (SSSR count). The van der Waals surface area contributed by atoms with Gasteiger partial charge in [0.1, 0.15) is 11.9 Å². The van der Waals surface area contributed by atoms with Gasteiger partial charge in [0.25, 0.3) is 0 Å². The SMILES string of the molecule is CC1(C)OCc2cc([C@@H]3CN(CCCCCCOCCCc4cccc(S(N)(=O)=O)c4)C(=O)O3)ccc2O1. The first-order valence-corrected chi connectivity index (χ1v) is 14.8. The molecule has 2 N–H and O–H groups in total. The number of rotatable bonds is 13. The van der Waals surface area contributed by atoms with Crippen molar-refractivity contribution < 1.29 is 32.2 Å². The average Bonchev–Trinajstić information content (AvgIpc) is 3.24. The van der Waals surface area contributed by atoms with Gasteiger partial charge in [-0.2, -0.15) is 0 Å². The van der Waals surface area contributed by atoms with Crippen LogP contribution in [0.15, 0.2) is 47.4 Å². The number of benzene rings is 2. The number of sulfonamides is 1. The first kappa shape index (κ1) is 28.4. The predicted octanol–water partition coefficient (Wildman–Crippen LogP) is 4.68. The zero-order valence-corrected chi connectivity index (χ0v) is 23.0. The standard InChI is InChI=1S/C28H38N2O7S/c1-28(2)35-20-23-18-22(12-13-25(23)37-28)26-19-30(27(31)36-26)14-5-3-4-6-15-34-16-8-10-21-9-7-11-24(17-21)38(29,32)33/h7,9,11-13,17-18,26H,3-6,8,10,14-16,19-20H2,1-2H3,(H2,29,32,33)/t26-/m0/s1. The Balaban J connectivity index is 1.07. The molecule has 0 bridgehead atoms. The van der Waals surface area contributed by atoms with E-state index in [2.05, 4.69) is 0 Å². The second kappa shape index (κ2) is 12.5. The summed E-state index contributed by atoms with van der Waals surface area (Å²) in [5.41, 5.74) is 2.86. The summed E-state index contributed by atoms with van der Waals surface area (Å²) >= 11 is 0. The number of ether oxygens (including phenoxy) is 4.